The molecule has 1 aromatic heterocycles. The molecule has 21 heavy (non-hydrogen) atoms. The van der Waals surface area contributed by atoms with Gasteiger partial charge in [0.2, 0.25) is 0 Å². The molecule has 0 amide bonds. The Morgan fingerprint density at radius 1 is 1.14 bits per heavy atom. The molecule has 0 saturated heterocycles. The molecule has 0 fully saturated rings. The molecule has 4 heteroatoms. The highest BCUT2D eigenvalue weighted by Gasteiger charge is 2.08. The zero-order valence-corrected chi connectivity index (χ0v) is 12.0. The fraction of sp³-hybridized carbons (Fsp3) is 0.176. The topological polar surface area (TPSA) is 44.1 Å². The van der Waals surface area contributed by atoms with Crippen molar-refractivity contribution in [2.45, 2.75) is 13.5 Å². The summed E-state index contributed by atoms with van der Waals surface area (Å²) < 4.78 is 6.91. The van der Waals surface area contributed by atoms with Crippen molar-refractivity contribution >= 4 is 10.9 Å². The first-order valence-electron chi connectivity index (χ1n) is 6.78. The van der Waals surface area contributed by atoms with Crippen LogP contribution in [0.4, 0.5) is 0 Å². The third kappa shape index (κ3) is 2.52. The average Bonchev–Trinajstić information content (AvgIpc) is 2.51. The molecule has 0 saturated carbocycles. The van der Waals surface area contributed by atoms with Gasteiger partial charge in [-0.15, -0.1) is 0 Å². The number of hydrogen-bond acceptors (Lipinski definition) is 3. The van der Waals surface area contributed by atoms with Crippen LogP contribution in [0.2, 0.25) is 0 Å². The standard InChI is InChI=1S/C17H16N2O2/c1-12-18-16-9-4-3-8-15(16)17(20)19(12)11-13-6-5-7-14(10-13)21-2/h3-10H,11H2,1-2H3. The second-order valence-corrected chi connectivity index (χ2v) is 4.92. The van der Waals surface area contributed by atoms with E-state index in [0.29, 0.717) is 17.8 Å². The molecule has 4 nitrogen and oxygen atoms in total. The first kappa shape index (κ1) is 13.4. The maximum Gasteiger partial charge on any atom is 0.261 e. The molecule has 0 N–H and O–H groups in total. The zero-order valence-electron chi connectivity index (χ0n) is 12.0. The van der Waals surface area contributed by atoms with Gasteiger partial charge in [-0.05, 0) is 36.8 Å². The molecule has 106 valence electrons. The molecule has 0 aliphatic carbocycles. The third-order valence-corrected chi connectivity index (χ3v) is 3.53. The summed E-state index contributed by atoms with van der Waals surface area (Å²) in [5.74, 6) is 1.49. The lowest BCUT2D eigenvalue weighted by Gasteiger charge is -2.11. The van der Waals surface area contributed by atoms with Crippen LogP contribution in [0.15, 0.2) is 53.3 Å². The smallest absolute Gasteiger partial charge is 0.261 e. The fourth-order valence-electron chi connectivity index (χ4n) is 2.42. The predicted octanol–water partition coefficient (Wildman–Crippen LogP) is 2.76. The highest BCUT2D eigenvalue weighted by molar-refractivity contribution is 5.77. The van der Waals surface area contributed by atoms with E-state index in [0.717, 1.165) is 16.8 Å². The number of rotatable bonds is 3. The lowest BCUT2D eigenvalue weighted by Crippen LogP contribution is -2.24. The van der Waals surface area contributed by atoms with Crippen LogP contribution in [0.5, 0.6) is 5.75 Å². The van der Waals surface area contributed by atoms with E-state index >= 15 is 0 Å². The van der Waals surface area contributed by atoms with Crippen molar-refractivity contribution in [2.24, 2.45) is 0 Å². The van der Waals surface area contributed by atoms with Crippen molar-refractivity contribution in [2.75, 3.05) is 7.11 Å². The quantitative estimate of drug-likeness (QED) is 0.741. The second kappa shape index (κ2) is 5.40. The summed E-state index contributed by atoms with van der Waals surface area (Å²) >= 11 is 0. The number of aromatic nitrogens is 2. The summed E-state index contributed by atoms with van der Waals surface area (Å²) in [4.78, 5) is 17.1. The van der Waals surface area contributed by atoms with E-state index in [9.17, 15) is 4.79 Å². The van der Waals surface area contributed by atoms with Crippen LogP contribution in [0, 0.1) is 6.92 Å². The van der Waals surface area contributed by atoms with E-state index < -0.39 is 0 Å². The number of para-hydroxylation sites is 1. The lowest BCUT2D eigenvalue weighted by molar-refractivity contribution is 0.414. The number of hydrogen-bond donors (Lipinski definition) is 0. The number of nitrogens with zero attached hydrogens (tertiary/aromatic N) is 2. The minimum Gasteiger partial charge on any atom is -0.497 e. The van der Waals surface area contributed by atoms with E-state index in [2.05, 4.69) is 4.98 Å². The Kier molecular flexibility index (Phi) is 3.44. The summed E-state index contributed by atoms with van der Waals surface area (Å²) in [6, 6.07) is 15.1. The number of benzene rings is 2. The van der Waals surface area contributed by atoms with Gasteiger partial charge in [-0.1, -0.05) is 24.3 Å². The molecule has 3 rings (SSSR count). The normalized spacial score (nSPS) is 10.8. The molecule has 3 aromatic rings. The summed E-state index contributed by atoms with van der Waals surface area (Å²) in [5, 5.41) is 0.644. The van der Waals surface area contributed by atoms with Crippen molar-refractivity contribution < 1.29 is 4.74 Å². The minimum absolute atomic E-state index is 0.0130. The molecule has 0 unspecified atom stereocenters. The molecule has 1 heterocycles. The van der Waals surface area contributed by atoms with Crippen LogP contribution >= 0.6 is 0 Å². The van der Waals surface area contributed by atoms with Crippen LogP contribution in [0.25, 0.3) is 10.9 Å². The molecule has 0 bridgehead atoms. The second-order valence-electron chi connectivity index (χ2n) is 4.92. The van der Waals surface area contributed by atoms with E-state index in [1.807, 2.05) is 55.5 Å². The van der Waals surface area contributed by atoms with Crippen LogP contribution in [-0.4, -0.2) is 16.7 Å². The maximum atomic E-state index is 12.6. The molecule has 0 atom stereocenters. The fourth-order valence-corrected chi connectivity index (χ4v) is 2.42. The summed E-state index contributed by atoms with van der Waals surface area (Å²) in [6.07, 6.45) is 0. The minimum atomic E-state index is -0.0130. The molecular formula is C17H16N2O2. The van der Waals surface area contributed by atoms with Crippen LogP contribution < -0.4 is 10.3 Å². The Labute approximate surface area is 122 Å². The molecule has 0 spiro atoms. The molecular weight excluding hydrogens is 264 g/mol. The van der Waals surface area contributed by atoms with E-state index in [1.165, 1.54) is 0 Å². The summed E-state index contributed by atoms with van der Waals surface area (Å²) in [6.45, 7) is 2.34. The van der Waals surface area contributed by atoms with Gasteiger partial charge in [0, 0.05) is 0 Å². The number of aryl methyl sites for hydroxylation is 1. The van der Waals surface area contributed by atoms with Crippen molar-refractivity contribution in [1.82, 2.24) is 9.55 Å². The van der Waals surface area contributed by atoms with Crippen molar-refractivity contribution in [3.63, 3.8) is 0 Å². The van der Waals surface area contributed by atoms with Gasteiger partial charge >= 0.3 is 0 Å². The first-order valence-corrected chi connectivity index (χ1v) is 6.78. The van der Waals surface area contributed by atoms with Gasteiger partial charge in [0.1, 0.15) is 11.6 Å². The lowest BCUT2D eigenvalue weighted by atomic mass is 10.2. The van der Waals surface area contributed by atoms with Crippen LogP contribution in [0.1, 0.15) is 11.4 Å². The van der Waals surface area contributed by atoms with E-state index in [4.69, 9.17) is 4.74 Å². The molecule has 0 aliphatic rings. The van der Waals surface area contributed by atoms with Gasteiger partial charge in [-0.3, -0.25) is 9.36 Å². The Hall–Kier alpha value is -2.62. The Balaban J connectivity index is 2.10. The first-order chi connectivity index (χ1) is 10.2. The maximum absolute atomic E-state index is 12.6. The Morgan fingerprint density at radius 3 is 2.76 bits per heavy atom. The summed E-state index contributed by atoms with van der Waals surface area (Å²) in [7, 11) is 1.63. The van der Waals surface area contributed by atoms with Gasteiger partial charge in [0.25, 0.3) is 5.56 Å². The highest BCUT2D eigenvalue weighted by Crippen LogP contribution is 2.14. The number of fused-ring (bicyclic) bond motifs is 1. The van der Waals surface area contributed by atoms with Gasteiger partial charge in [-0.25, -0.2) is 4.98 Å². The SMILES string of the molecule is COc1cccc(Cn2c(C)nc3ccccc3c2=O)c1. The summed E-state index contributed by atoms with van der Waals surface area (Å²) in [5.41, 5.74) is 1.74. The highest BCUT2D eigenvalue weighted by atomic mass is 16.5. The third-order valence-electron chi connectivity index (χ3n) is 3.53. The molecule has 2 aromatic carbocycles. The average molecular weight is 280 g/mol. The van der Waals surface area contributed by atoms with Crippen molar-refractivity contribution in [3.05, 3.63) is 70.3 Å². The number of ether oxygens (including phenoxy) is 1. The zero-order chi connectivity index (χ0) is 14.8. The van der Waals surface area contributed by atoms with Crippen LogP contribution in [0.3, 0.4) is 0 Å². The van der Waals surface area contributed by atoms with Gasteiger partial charge < -0.3 is 4.74 Å². The molecule has 0 aliphatic heterocycles. The van der Waals surface area contributed by atoms with E-state index in [1.54, 1.807) is 11.7 Å². The largest absolute Gasteiger partial charge is 0.497 e. The molecule has 0 radical (unpaired) electrons. The van der Waals surface area contributed by atoms with Gasteiger partial charge in [0.15, 0.2) is 0 Å². The van der Waals surface area contributed by atoms with E-state index in [-0.39, 0.29) is 5.56 Å². The predicted molar refractivity (Wildman–Crippen MR) is 82.8 cm³/mol. The van der Waals surface area contributed by atoms with Crippen LogP contribution in [-0.2, 0) is 6.54 Å². The number of methoxy groups -OCH3 is 1. The Morgan fingerprint density at radius 2 is 1.95 bits per heavy atom. The van der Waals surface area contributed by atoms with Crippen molar-refractivity contribution in [1.29, 1.82) is 0 Å². The van der Waals surface area contributed by atoms with Gasteiger partial charge in [-0.2, -0.15) is 0 Å². The Bertz CT molecular complexity index is 853. The monoisotopic (exact) mass is 280 g/mol. The van der Waals surface area contributed by atoms with Gasteiger partial charge in [0.05, 0.1) is 24.6 Å². The van der Waals surface area contributed by atoms with Crippen molar-refractivity contribution in [3.8, 4) is 5.75 Å².